The summed E-state index contributed by atoms with van der Waals surface area (Å²) in [5, 5.41) is 7.06. The maximum absolute atomic E-state index is 12.2. The fourth-order valence-corrected chi connectivity index (χ4v) is 3.17. The van der Waals surface area contributed by atoms with Crippen LogP contribution < -0.4 is 15.6 Å². The standard InChI is InChI=1S/C22H22BrN3O3/c1-15-11-16(2)13-19(12-15)29-10-9-24-21(27)14-26-22(28)8-7-20(25-26)17-3-5-18(23)6-4-17/h3-8,11-13H,9-10,14H2,1-2H3,(H,24,27). The molecule has 1 heterocycles. The van der Waals surface area contributed by atoms with Crippen molar-refractivity contribution in [2.24, 2.45) is 0 Å². The highest BCUT2D eigenvalue weighted by molar-refractivity contribution is 9.10. The van der Waals surface area contributed by atoms with Gasteiger partial charge in [-0.15, -0.1) is 0 Å². The topological polar surface area (TPSA) is 73.2 Å². The molecule has 0 radical (unpaired) electrons. The van der Waals surface area contributed by atoms with Gasteiger partial charge in [0.2, 0.25) is 5.91 Å². The number of rotatable bonds is 7. The number of amides is 1. The maximum Gasteiger partial charge on any atom is 0.267 e. The lowest BCUT2D eigenvalue weighted by Gasteiger charge is -2.10. The molecule has 1 amide bonds. The second-order valence-electron chi connectivity index (χ2n) is 6.74. The summed E-state index contributed by atoms with van der Waals surface area (Å²) in [6, 6.07) is 16.6. The first kappa shape index (κ1) is 20.8. The quantitative estimate of drug-likeness (QED) is 0.553. The zero-order valence-corrected chi connectivity index (χ0v) is 17.9. The average molecular weight is 456 g/mol. The molecule has 7 heteroatoms. The molecule has 2 aromatic carbocycles. The summed E-state index contributed by atoms with van der Waals surface area (Å²) in [7, 11) is 0. The molecule has 3 aromatic rings. The fourth-order valence-electron chi connectivity index (χ4n) is 2.90. The SMILES string of the molecule is Cc1cc(C)cc(OCCNC(=O)Cn2nc(-c3ccc(Br)cc3)ccc2=O)c1. The van der Waals surface area contributed by atoms with Gasteiger partial charge >= 0.3 is 0 Å². The van der Waals surface area contributed by atoms with Crippen LogP contribution in [0.25, 0.3) is 11.3 Å². The van der Waals surface area contributed by atoms with Gasteiger partial charge in [0.25, 0.3) is 5.56 Å². The Bertz CT molecular complexity index is 1040. The van der Waals surface area contributed by atoms with Gasteiger partial charge in [-0.3, -0.25) is 9.59 Å². The number of ether oxygens (including phenoxy) is 1. The Morgan fingerprint density at radius 1 is 1.07 bits per heavy atom. The minimum Gasteiger partial charge on any atom is -0.492 e. The Hall–Kier alpha value is -2.93. The zero-order chi connectivity index (χ0) is 20.8. The molecule has 0 aliphatic rings. The second kappa shape index (κ2) is 9.52. The van der Waals surface area contributed by atoms with Gasteiger partial charge in [0.05, 0.1) is 12.2 Å². The van der Waals surface area contributed by atoms with Crippen molar-refractivity contribution in [2.75, 3.05) is 13.2 Å². The van der Waals surface area contributed by atoms with E-state index >= 15 is 0 Å². The molecular weight excluding hydrogens is 434 g/mol. The lowest BCUT2D eigenvalue weighted by atomic mass is 10.1. The Morgan fingerprint density at radius 3 is 2.45 bits per heavy atom. The smallest absolute Gasteiger partial charge is 0.267 e. The summed E-state index contributed by atoms with van der Waals surface area (Å²) in [6.45, 7) is 4.55. The van der Waals surface area contributed by atoms with Gasteiger partial charge in [0.15, 0.2) is 0 Å². The van der Waals surface area contributed by atoms with Crippen LogP contribution in [0.4, 0.5) is 0 Å². The van der Waals surface area contributed by atoms with Crippen LogP contribution in [0.3, 0.4) is 0 Å². The number of nitrogens with zero attached hydrogens (tertiary/aromatic N) is 2. The third kappa shape index (κ3) is 6.02. The molecule has 0 bridgehead atoms. The molecule has 0 aliphatic heterocycles. The Kier molecular flexibility index (Phi) is 6.82. The number of carbonyl (C=O) groups excluding carboxylic acids is 1. The molecule has 1 aromatic heterocycles. The fraction of sp³-hybridized carbons (Fsp3) is 0.227. The van der Waals surface area contributed by atoms with Crippen molar-refractivity contribution in [3.8, 4) is 17.0 Å². The van der Waals surface area contributed by atoms with E-state index in [-0.39, 0.29) is 18.0 Å². The number of benzene rings is 2. The first-order valence-corrected chi connectivity index (χ1v) is 10.0. The van der Waals surface area contributed by atoms with Crippen molar-refractivity contribution in [3.63, 3.8) is 0 Å². The molecule has 1 N–H and O–H groups in total. The van der Waals surface area contributed by atoms with E-state index in [1.54, 1.807) is 6.07 Å². The van der Waals surface area contributed by atoms with E-state index in [1.165, 1.54) is 6.07 Å². The Balaban J connectivity index is 1.55. The summed E-state index contributed by atoms with van der Waals surface area (Å²) in [5.41, 5.74) is 3.42. The summed E-state index contributed by atoms with van der Waals surface area (Å²) in [4.78, 5) is 24.3. The van der Waals surface area contributed by atoms with Gasteiger partial charge in [-0.25, -0.2) is 4.68 Å². The lowest BCUT2D eigenvalue weighted by molar-refractivity contribution is -0.122. The first-order chi connectivity index (χ1) is 13.9. The van der Waals surface area contributed by atoms with E-state index in [0.717, 1.165) is 31.6 Å². The minimum atomic E-state index is -0.326. The van der Waals surface area contributed by atoms with Crippen LogP contribution in [0.5, 0.6) is 5.75 Å². The molecule has 150 valence electrons. The van der Waals surface area contributed by atoms with E-state index in [4.69, 9.17) is 4.74 Å². The van der Waals surface area contributed by atoms with Crippen molar-refractivity contribution < 1.29 is 9.53 Å². The molecule has 0 aliphatic carbocycles. The number of carbonyl (C=O) groups is 1. The molecule has 6 nitrogen and oxygen atoms in total. The van der Waals surface area contributed by atoms with Crippen molar-refractivity contribution in [1.82, 2.24) is 15.1 Å². The monoisotopic (exact) mass is 455 g/mol. The highest BCUT2D eigenvalue weighted by Crippen LogP contribution is 2.19. The molecule has 29 heavy (non-hydrogen) atoms. The molecular formula is C22H22BrN3O3. The summed E-state index contributed by atoms with van der Waals surface area (Å²) >= 11 is 3.39. The van der Waals surface area contributed by atoms with Crippen LogP contribution in [-0.2, 0) is 11.3 Å². The number of nitrogens with one attached hydrogen (secondary N) is 1. The van der Waals surface area contributed by atoms with Crippen LogP contribution in [0, 0.1) is 13.8 Å². The average Bonchev–Trinajstić information content (AvgIpc) is 2.67. The molecule has 3 rings (SSSR count). The van der Waals surface area contributed by atoms with Crippen molar-refractivity contribution in [1.29, 1.82) is 0 Å². The lowest BCUT2D eigenvalue weighted by Crippen LogP contribution is -2.35. The summed E-state index contributed by atoms with van der Waals surface area (Å²) in [6.07, 6.45) is 0. The normalized spacial score (nSPS) is 10.6. The van der Waals surface area contributed by atoms with Crippen molar-refractivity contribution in [3.05, 3.63) is 80.6 Å². The predicted octanol–water partition coefficient (Wildman–Crippen LogP) is 3.48. The number of hydrogen-bond donors (Lipinski definition) is 1. The van der Waals surface area contributed by atoms with E-state index in [2.05, 4.69) is 32.4 Å². The summed E-state index contributed by atoms with van der Waals surface area (Å²) < 4.78 is 7.80. The van der Waals surface area contributed by atoms with Gasteiger partial charge < -0.3 is 10.1 Å². The van der Waals surface area contributed by atoms with Crippen LogP contribution in [-0.4, -0.2) is 28.8 Å². The minimum absolute atomic E-state index is 0.146. The van der Waals surface area contributed by atoms with Crippen molar-refractivity contribution in [2.45, 2.75) is 20.4 Å². The van der Waals surface area contributed by atoms with Gasteiger partial charge in [-0.1, -0.05) is 34.1 Å². The van der Waals surface area contributed by atoms with Gasteiger partial charge in [0, 0.05) is 16.1 Å². The predicted molar refractivity (Wildman–Crippen MR) is 116 cm³/mol. The van der Waals surface area contributed by atoms with E-state index in [1.807, 2.05) is 50.2 Å². The molecule has 0 spiro atoms. The number of halogens is 1. The highest BCUT2D eigenvalue weighted by Gasteiger charge is 2.08. The highest BCUT2D eigenvalue weighted by atomic mass is 79.9. The Morgan fingerprint density at radius 2 is 1.76 bits per heavy atom. The van der Waals surface area contributed by atoms with Gasteiger partial charge in [-0.2, -0.15) is 5.10 Å². The van der Waals surface area contributed by atoms with E-state index in [9.17, 15) is 9.59 Å². The van der Waals surface area contributed by atoms with E-state index in [0.29, 0.717) is 18.8 Å². The number of aromatic nitrogens is 2. The summed E-state index contributed by atoms with van der Waals surface area (Å²) in [5.74, 6) is 0.480. The third-order valence-corrected chi connectivity index (χ3v) is 4.72. The Labute approximate surface area is 177 Å². The molecule has 0 atom stereocenters. The van der Waals surface area contributed by atoms with Crippen LogP contribution in [0.15, 0.2) is 63.9 Å². The maximum atomic E-state index is 12.2. The third-order valence-electron chi connectivity index (χ3n) is 4.19. The second-order valence-corrected chi connectivity index (χ2v) is 7.66. The van der Waals surface area contributed by atoms with Crippen LogP contribution in [0.2, 0.25) is 0 Å². The largest absolute Gasteiger partial charge is 0.492 e. The number of aryl methyl sites for hydroxylation is 2. The molecule has 0 unspecified atom stereocenters. The van der Waals surface area contributed by atoms with E-state index < -0.39 is 0 Å². The first-order valence-electron chi connectivity index (χ1n) is 9.22. The number of hydrogen-bond acceptors (Lipinski definition) is 4. The molecule has 0 saturated heterocycles. The zero-order valence-electron chi connectivity index (χ0n) is 16.3. The van der Waals surface area contributed by atoms with Gasteiger partial charge in [-0.05, 0) is 55.3 Å². The van der Waals surface area contributed by atoms with Crippen LogP contribution >= 0.6 is 15.9 Å². The van der Waals surface area contributed by atoms with Gasteiger partial charge in [0.1, 0.15) is 18.9 Å². The molecule has 0 saturated carbocycles. The van der Waals surface area contributed by atoms with Crippen molar-refractivity contribution >= 4 is 21.8 Å². The molecule has 0 fully saturated rings. The van der Waals surface area contributed by atoms with Crippen LogP contribution in [0.1, 0.15) is 11.1 Å².